The summed E-state index contributed by atoms with van der Waals surface area (Å²) in [7, 11) is 5.70. The first-order valence-electron chi connectivity index (χ1n) is 9.66. The number of hydrazone groups is 3. The molecule has 0 amide bonds. The number of anilines is 3. The van der Waals surface area contributed by atoms with Crippen molar-refractivity contribution in [3.8, 4) is 0 Å². The quantitative estimate of drug-likeness (QED) is 0.407. The van der Waals surface area contributed by atoms with E-state index in [0.29, 0.717) is 5.71 Å². The molecular weight excluding hydrogens is 372 g/mol. The predicted octanol–water partition coefficient (Wildman–Crippen LogP) is 4.72. The first-order valence-corrected chi connectivity index (χ1v) is 9.66. The van der Waals surface area contributed by atoms with Crippen LogP contribution in [0.3, 0.4) is 0 Å². The lowest BCUT2D eigenvalue weighted by Crippen LogP contribution is -2.19. The van der Waals surface area contributed by atoms with Gasteiger partial charge in [-0.25, -0.2) is 0 Å². The van der Waals surface area contributed by atoms with Crippen molar-refractivity contribution in [2.45, 2.75) is 0 Å². The van der Waals surface area contributed by atoms with Gasteiger partial charge >= 0.3 is 0 Å². The Hall–Kier alpha value is -3.93. The zero-order valence-electron chi connectivity index (χ0n) is 17.5. The Bertz CT molecular complexity index is 926. The number of rotatable bonds is 8. The van der Waals surface area contributed by atoms with Crippen molar-refractivity contribution in [3.63, 3.8) is 0 Å². The van der Waals surface area contributed by atoms with Gasteiger partial charge in [-0.15, -0.1) is 0 Å². The van der Waals surface area contributed by atoms with Crippen molar-refractivity contribution >= 4 is 35.2 Å². The van der Waals surface area contributed by atoms with Crippen LogP contribution in [-0.4, -0.2) is 39.3 Å². The highest BCUT2D eigenvalue weighted by molar-refractivity contribution is 6.56. The maximum atomic E-state index is 4.68. The molecule has 0 bridgehead atoms. The number of hydrogen-bond donors (Lipinski definition) is 0. The number of nitrogens with zero attached hydrogens (tertiary/aromatic N) is 6. The third kappa shape index (κ3) is 6.04. The molecule has 152 valence electrons. The molecule has 30 heavy (non-hydrogen) atoms. The Labute approximate surface area is 178 Å². The van der Waals surface area contributed by atoms with Crippen molar-refractivity contribution in [1.82, 2.24) is 0 Å². The van der Waals surface area contributed by atoms with Gasteiger partial charge in [-0.2, -0.15) is 15.3 Å². The molecule has 0 atom stereocenters. The largest absolute Gasteiger partial charge is 0.269 e. The van der Waals surface area contributed by atoms with Crippen LogP contribution in [0.1, 0.15) is 0 Å². The lowest BCUT2D eigenvalue weighted by Gasteiger charge is -2.15. The summed E-state index contributed by atoms with van der Waals surface area (Å²) in [6.45, 7) is 0. The minimum atomic E-state index is 0.618. The SMILES string of the molecule is CN(N=C(/C=N/N(C)c1ccccc1)/C=N/N(C)c1ccccc1)c1ccccc1. The minimum absolute atomic E-state index is 0.618. The van der Waals surface area contributed by atoms with E-state index in [1.807, 2.05) is 112 Å². The van der Waals surface area contributed by atoms with E-state index < -0.39 is 0 Å². The van der Waals surface area contributed by atoms with Crippen LogP contribution in [0.4, 0.5) is 17.1 Å². The molecule has 0 aromatic heterocycles. The van der Waals surface area contributed by atoms with Crippen LogP contribution in [0, 0.1) is 0 Å². The molecule has 0 heterocycles. The van der Waals surface area contributed by atoms with Crippen molar-refractivity contribution in [3.05, 3.63) is 91.0 Å². The summed E-state index contributed by atoms with van der Waals surface area (Å²) >= 11 is 0. The lowest BCUT2D eigenvalue weighted by molar-refractivity contribution is 1.01. The maximum Gasteiger partial charge on any atom is 0.124 e. The first kappa shape index (κ1) is 20.8. The van der Waals surface area contributed by atoms with E-state index in [1.54, 1.807) is 27.5 Å². The van der Waals surface area contributed by atoms with Gasteiger partial charge in [0, 0.05) is 21.1 Å². The Balaban J connectivity index is 1.83. The summed E-state index contributed by atoms with van der Waals surface area (Å²) < 4.78 is 0. The van der Waals surface area contributed by atoms with Crippen LogP contribution in [-0.2, 0) is 0 Å². The Morgan fingerprint density at radius 2 is 0.867 bits per heavy atom. The maximum absolute atomic E-state index is 4.68. The summed E-state index contributed by atoms with van der Waals surface area (Å²) in [5.74, 6) is 0. The van der Waals surface area contributed by atoms with E-state index in [2.05, 4.69) is 15.3 Å². The second-order valence-electron chi connectivity index (χ2n) is 6.59. The molecule has 3 aromatic carbocycles. The fourth-order valence-corrected chi connectivity index (χ4v) is 2.67. The minimum Gasteiger partial charge on any atom is -0.269 e. The molecule has 0 aliphatic heterocycles. The van der Waals surface area contributed by atoms with Gasteiger partial charge in [0.25, 0.3) is 0 Å². The molecule has 3 aromatic rings. The van der Waals surface area contributed by atoms with Gasteiger partial charge in [0.2, 0.25) is 0 Å². The Morgan fingerprint density at radius 1 is 0.533 bits per heavy atom. The Kier molecular flexibility index (Phi) is 7.33. The molecule has 6 nitrogen and oxygen atoms in total. The van der Waals surface area contributed by atoms with Gasteiger partial charge < -0.3 is 0 Å². The highest BCUT2D eigenvalue weighted by Crippen LogP contribution is 2.13. The smallest absolute Gasteiger partial charge is 0.124 e. The van der Waals surface area contributed by atoms with E-state index in [1.165, 1.54) is 0 Å². The predicted molar refractivity (Wildman–Crippen MR) is 129 cm³/mol. The molecule has 0 unspecified atom stereocenters. The monoisotopic (exact) mass is 398 g/mol. The molecule has 0 saturated carbocycles. The van der Waals surface area contributed by atoms with Crippen LogP contribution in [0.15, 0.2) is 106 Å². The average molecular weight is 399 g/mol. The summed E-state index contributed by atoms with van der Waals surface area (Å²) in [4.78, 5) is 0. The second-order valence-corrected chi connectivity index (χ2v) is 6.59. The molecule has 0 aliphatic rings. The second kappa shape index (κ2) is 10.6. The molecule has 0 aliphatic carbocycles. The molecule has 0 radical (unpaired) electrons. The summed E-state index contributed by atoms with van der Waals surface area (Å²) in [6, 6.07) is 29.8. The highest BCUT2D eigenvalue weighted by Gasteiger charge is 2.03. The zero-order valence-corrected chi connectivity index (χ0v) is 17.5. The summed E-state index contributed by atoms with van der Waals surface area (Å²) in [5.41, 5.74) is 3.57. The van der Waals surface area contributed by atoms with Crippen LogP contribution in [0.5, 0.6) is 0 Å². The number of benzene rings is 3. The normalized spacial score (nSPS) is 10.9. The highest BCUT2D eigenvalue weighted by atomic mass is 15.5. The van der Waals surface area contributed by atoms with E-state index in [-0.39, 0.29) is 0 Å². The van der Waals surface area contributed by atoms with Gasteiger partial charge in [0.1, 0.15) is 5.71 Å². The molecule has 0 fully saturated rings. The van der Waals surface area contributed by atoms with E-state index in [0.717, 1.165) is 17.1 Å². The van der Waals surface area contributed by atoms with Gasteiger partial charge in [-0.1, -0.05) is 54.6 Å². The fourth-order valence-electron chi connectivity index (χ4n) is 2.67. The molecular formula is C24H26N6. The van der Waals surface area contributed by atoms with E-state index in [9.17, 15) is 0 Å². The van der Waals surface area contributed by atoms with Crippen LogP contribution >= 0.6 is 0 Å². The fraction of sp³-hybridized carbons (Fsp3) is 0.125. The van der Waals surface area contributed by atoms with E-state index in [4.69, 9.17) is 0 Å². The molecule has 0 saturated heterocycles. The van der Waals surface area contributed by atoms with Gasteiger partial charge in [-0.3, -0.25) is 15.0 Å². The van der Waals surface area contributed by atoms with Crippen LogP contribution in [0.2, 0.25) is 0 Å². The topological polar surface area (TPSA) is 46.8 Å². The molecule has 6 heteroatoms. The first-order chi connectivity index (χ1) is 14.6. The molecule has 3 rings (SSSR count). The third-order valence-electron chi connectivity index (χ3n) is 4.38. The van der Waals surface area contributed by atoms with Gasteiger partial charge in [-0.05, 0) is 36.4 Å². The van der Waals surface area contributed by atoms with E-state index >= 15 is 0 Å². The zero-order chi connectivity index (χ0) is 21.2. The number of hydrogen-bond acceptors (Lipinski definition) is 6. The third-order valence-corrected chi connectivity index (χ3v) is 4.38. The average Bonchev–Trinajstić information content (AvgIpc) is 2.82. The van der Waals surface area contributed by atoms with Gasteiger partial charge in [0.15, 0.2) is 0 Å². The Morgan fingerprint density at radius 3 is 1.23 bits per heavy atom. The molecule has 0 spiro atoms. The lowest BCUT2D eigenvalue weighted by atomic mass is 10.3. The number of para-hydroxylation sites is 3. The van der Waals surface area contributed by atoms with Crippen LogP contribution < -0.4 is 15.0 Å². The summed E-state index contributed by atoms with van der Waals surface area (Å²) in [5, 5.41) is 19.1. The van der Waals surface area contributed by atoms with Gasteiger partial charge in [0.05, 0.1) is 29.5 Å². The van der Waals surface area contributed by atoms with Crippen molar-refractivity contribution in [2.75, 3.05) is 36.2 Å². The van der Waals surface area contributed by atoms with Crippen molar-refractivity contribution in [1.29, 1.82) is 0 Å². The van der Waals surface area contributed by atoms with Crippen molar-refractivity contribution < 1.29 is 0 Å². The van der Waals surface area contributed by atoms with Crippen molar-refractivity contribution in [2.24, 2.45) is 15.3 Å². The van der Waals surface area contributed by atoms with Crippen LogP contribution in [0.25, 0.3) is 0 Å². The molecule has 0 N–H and O–H groups in total. The summed E-state index contributed by atoms with van der Waals surface area (Å²) in [6.07, 6.45) is 3.41. The standard InChI is InChI=1S/C24H26N6/c1-28(22-13-7-4-8-14-22)25-19-21(27-30(3)24-17-11-6-12-18-24)20-26-29(2)23-15-9-5-10-16-23/h4-20H,1-3H3/b25-19+,26-20+.